The van der Waals surface area contributed by atoms with Crippen molar-refractivity contribution in [2.24, 2.45) is 0 Å². The Kier molecular flexibility index (Phi) is 7.21. The van der Waals surface area contributed by atoms with Crippen molar-refractivity contribution in [1.29, 1.82) is 0 Å². The second-order valence-electron chi connectivity index (χ2n) is 7.85. The second-order valence-corrected chi connectivity index (χ2v) is 7.85. The van der Waals surface area contributed by atoms with E-state index in [0.29, 0.717) is 23.5 Å². The van der Waals surface area contributed by atoms with Crippen LogP contribution < -0.4 is 15.2 Å². The van der Waals surface area contributed by atoms with Crippen molar-refractivity contribution in [3.63, 3.8) is 0 Å². The molecule has 0 radical (unpaired) electrons. The standard InChI is InChI=1S/C23H29NO4/c1-5-14-28-19-12-8-16(9-13-19)20(15-21(25)26)24-22(27)17-6-10-18(11-7-17)23(2,3)4/h6-13,20H,5,14-15H2,1-4H3,(H,24,27)(H,25,26)/p-1. The molecule has 0 saturated heterocycles. The number of rotatable bonds is 8. The molecular weight excluding hydrogens is 354 g/mol. The summed E-state index contributed by atoms with van der Waals surface area (Å²) in [5.74, 6) is -0.834. The van der Waals surface area contributed by atoms with Gasteiger partial charge in [0.25, 0.3) is 5.91 Å². The first-order chi connectivity index (χ1) is 13.2. The number of aliphatic carboxylic acids is 1. The maximum atomic E-state index is 12.6. The van der Waals surface area contributed by atoms with Gasteiger partial charge in [-0.15, -0.1) is 0 Å². The minimum Gasteiger partial charge on any atom is -0.550 e. The van der Waals surface area contributed by atoms with Gasteiger partial charge in [-0.1, -0.05) is 52.0 Å². The van der Waals surface area contributed by atoms with Gasteiger partial charge in [0.05, 0.1) is 12.6 Å². The number of carbonyl (C=O) groups excluding carboxylic acids is 2. The molecule has 5 nitrogen and oxygen atoms in total. The zero-order chi connectivity index (χ0) is 20.7. The van der Waals surface area contributed by atoms with Crippen LogP contribution in [0.25, 0.3) is 0 Å². The average molecular weight is 382 g/mol. The van der Waals surface area contributed by atoms with Gasteiger partial charge in [-0.3, -0.25) is 4.79 Å². The Morgan fingerprint density at radius 3 is 2.14 bits per heavy atom. The summed E-state index contributed by atoms with van der Waals surface area (Å²) in [7, 11) is 0. The summed E-state index contributed by atoms with van der Waals surface area (Å²) in [5.41, 5.74) is 2.29. The minimum atomic E-state index is -1.22. The van der Waals surface area contributed by atoms with Crippen LogP contribution in [0.1, 0.15) is 68.1 Å². The topological polar surface area (TPSA) is 78.5 Å². The van der Waals surface area contributed by atoms with Gasteiger partial charge < -0.3 is 20.0 Å². The molecule has 0 fully saturated rings. The molecule has 5 heteroatoms. The van der Waals surface area contributed by atoms with Crippen LogP contribution in [-0.2, 0) is 10.2 Å². The van der Waals surface area contributed by atoms with Gasteiger partial charge >= 0.3 is 0 Å². The van der Waals surface area contributed by atoms with E-state index in [9.17, 15) is 14.7 Å². The molecule has 2 rings (SSSR count). The van der Waals surface area contributed by atoms with Crippen molar-refractivity contribution in [2.45, 2.75) is 52.0 Å². The Hall–Kier alpha value is -2.82. The van der Waals surface area contributed by atoms with Crippen LogP contribution >= 0.6 is 0 Å². The van der Waals surface area contributed by atoms with E-state index in [1.54, 1.807) is 36.4 Å². The van der Waals surface area contributed by atoms with E-state index in [-0.39, 0.29) is 17.7 Å². The molecule has 0 aliphatic rings. The summed E-state index contributed by atoms with van der Waals surface area (Å²) in [6, 6.07) is 13.8. The maximum Gasteiger partial charge on any atom is 0.251 e. The van der Waals surface area contributed by atoms with Crippen molar-refractivity contribution < 1.29 is 19.4 Å². The number of ether oxygens (including phenoxy) is 1. The Labute approximate surface area is 166 Å². The van der Waals surface area contributed by atoms with E-state index in [4.69, 9.17) is 4.74 Å². The zero-order valence-corrected chi connectivity index (χ0v) is 17.0. The van der Waals surface area contributed by atoms with Crippen LogP contribution in [0.2, 0.25) is 0 Å². The monoisotopic (exact) mass is 382 g/mol. The molecule has 28 heavy (non-hydrogen) atoms. The Morgan fingerprint density at radius 1 is 1.04 bits per heavy atom. The van der Waals surface area contributed by atoms with Crippen LogP contribution in [-0.4, -0.2) is 18.5 Å². The number of benzene rings is 2. The summed E-state index contributed by atoms with van der Waals surface area (Å²) >= 11 is 0. The van der Waals surface area contributed by atoms with Crippen molar-refractivity contribution >= 4 is 11.9 Å². The third-order valence-corrected chi connectivity index (χ3v) is 4.44. The number of hydrogen-bond donors (Lipinski definition) is 1. The van der Waals surface area contributed by atoms with Gasteiger partial charge in [0, 0.05) is 18.0 Å². The summed E-state index contributed by atoms with van der Waals surface area (Å²) < 4.78 is 5.54. The van der Waals surface area contributed by atoms with Gasteiger partial charge in [-0.25, -0.2) is 0 Å². The maximum absolute atomic E-state index is 12.6. The molecule has 0 bridgehead atoms. The zero-order valence-electron chi connectivity index (χ0n) is 17.0. The fraction of sp³-hybridized carbons (Fsp3) is 0.391. The van der Waals surface area contributed by atoms with Gasteiger partial charge in [-0.2, -0.15) is 0 Å². The smallest absolute Gasteiger partial charge is 0.251 e. The van der Waals surface area contributed by atoms with E-state index in [1.165, 1.54) is 0 Å². The SMILES string of the molecule is CCCOc1ccc(C(CC(=O)[O-])NC(=O)c2ccc(C(C)(C)C)cc2)cc1. The van der Waals surface area contributed by atoms with Crippen LogP contribution in [0.4, 0.5) is 0 Å². The summed E-state index contributed by atoms with van der Waals surface area (Å²) in [5, 5.41) is 14.0. The molecule has 2 aromatic rings. The molecule has 0 saturated carbocycles. The lowest BCUT2D eigenvalue weighted by atomic mass is 9.86. The number of amides is 1. The Morgan fingerprint density at radius 2 is 1.64 bits per heavy atom. The second kappa shape index (κ2) is 9.40. The van der Waals surface area contributed by atoms with Crippen LogP contribution in [0, 0.1) is 0 Å². The summed E-state index contributed by atoms with van der Waals surface area (Å²) in [6.07, 6.45) is 0.597. The number of carbonyl (C=O) groups is 2. The number of carboxylic acids is 1. The van der Waals surface area contributed by atoms with E-state index in [2.05, 4.69) is 26.1 Å². The highest BCUT2D eigenvalue weighted by atomic mass is 16.5. The minimum absolute atomic E-state index is 0.00584. The van der Waals surface area contributed by atoms with Crippen molar-refractivity contribution in [1.82, 2.24) is 5.32 Å². The molecule has 150 valence electrons. The highest BCUT2D eigenvalue weighted by molar-refractivity contribution is 5.94. The predicted octanol–water partition coefficient (Wildman–Crippen LogP) is 3.38. The quantitative estimate of drug-likeness (QED) is 0.759. The largest absolute Gasteiger partial charge is 0.550 e. The summed E-state index contributed by atoms with van der Waals surface area (Å²) in [4.78, 5) is 23.8. The third kappa shape index (κ3) is 6.12. The molecule has 0 aliphatic heterocycles. The average Bonchev–Trinajstić information content (AvgIpc) is 2.65. The van der Waals surface area contributed by atoms with Crippen LogP contribution in [0.15, 0.2) is 48.5 Å². The molecule has 0 aliphatic carbocycles. The third-order valence-electron chi connectivity index (χ3n) is 4.44. The first kappa shape index (κ1) is 21.5. The van der Waals surface area contributed by atoms with Gasteiger partial charge in [-0.05, 0) is 47.2 Å². The van der Waals surface area contributed by atoms with Crippen molar-refractivity contribution in [3.8, 4) is 5.75 Å². The van der Waals surface area contributed by atoms with Gasteiger partial charge in [0.15, 0.2) is 0 Å². The lowest BCUT2D eigenvalue weighted by molar-refractivity contribution is -0.306. The normalized spacial score (nSPS) is 12.3. The highest BCUT2D eigenvalue weighted by Crippen LogP contribution is 2.24. The Bertz CT molecular complexity index is 789. The van der Waals surface area contributed by atoms with Crippen LogP contribution in [0.5, 0.6) is 5.75 Å². The molecule has 0 aromatic heterocycles. The van der Waals surface area contributed by atoms with Gasteiger partial charge in [0.1, 0.15) is 5.75 Å². The highest BCUT2D eigenvalue weighted by Gasteiger charge is 2.18. The van der Waals surface area contributed by atoms with Crippen LogP contribution in [0.3, 0.4) is 0 Å². The van der Waals surface area contributed by atoms with Crippen molar-refractivity contribution in [2.75, 3.05) is 6.61 Å². The number of nitrogens with one attached hydrogen (secondary N) is 1. The fourth-order valence-corrected chi connectivity index (χ4v) is 2.80. The summed E-state index contributed by atoms with van der Waals surface area (Å²) in [6.45, 7) is 8.94. The molecule has 0 heterocycles. The van der Waals surface area contributed by atoms with E-state index < -0.39 is 12.0 Å². The molecule has 1 atom stereocenters. The molecule has 1 unspecified atom stereocenters. The molecule has 1 amide bonds. The van der Waals surface area contributed by atoms with E-state index >= 15 is 0 Å². The van der Waals surface area contributed by atoms with Crippen molar-refractivity contribution in [3.05, 3.63) is 65.2 Å². The van der Waals surface area contributed by atoms with Gasteiger partial charge in [0.2, 0.25) is 0 Å². The van der Waals surface area contributed by atoms with E-state index in [1.807, 2.05) is 19.1 Å². The lowest BCUT2D eigenvalue weighted by Crippen LogP contribution is -2.34. The van der Waals surface area contributed by atoms with E-state index in [0.717, 1.165) is 12.0 Å². The number of hydrogen-bond acceptors (Lipinski definition) is 4. The molecule has 1 N–H and O–H groups in total. The first-order valence-corrected chi connectivity index (χ1v) is 9.54. The first-order valence-electron chi connectivity index (χ1n) is 9.54. The fourth-order valence-electron chi connectivity index (χ4n) is 2.80. The lowest BCUT2D eigenvalue weighted by Gasteiger charge is -2.21. The Balaban J connectivity index is 2.15. The molecule has 0 spiro atoms. The molecule has 2 aromatic carbocycles. The number of carboxylic acid groups (broad SMARTS) is 1. The predicted molar refractivity (Wildman–Crippen MR) is 107 cm³/mol. The molecular formula is C23H28NO4-.